The van der Waals surface area contributed by atoms with Crippen LogP contribution in [0.25, 0.3) is 0 Å². The number of aryl methyl sites for hydroxylation is 2. The Labute approximate surface area is 90.7 Å². The van der Waals surface area contributed by atoms with E-state index in [0.717, 1.165) is 12.1 Å². The molecule has 86 valence electrons. The van der Waals surface area contributed by atoms with Crippen LogP contribution < -0.4 is 0 Å². The van der Waals surface area contributed by atoms with Crippen LogP contribution >= 0.6 is 0 Å². The molecule has 6 heteroatoms. The second-order valence-corrected chi connectivity index (χ2v) is 3.38. The van der Waals surface area contributed by atoms with Crippen molar-refractivity contribution in [3.8, 4) is 0 Å². The van der Waals surface area contributed by atoms with Gasteiger partial charge in [-0.05, 0) is 30.5 Å². The number of carboxylic acids is 1. The van der Waals surface area contributed by atoms with Gasteiger partial charge in [0.05, 0.1) is 4.92 Å². The SMILES string of the molecule is Cc1cc(F)c([N+](=O)[O-])cc1CCC(=O)O. The summed E-state index contributed by atoms with van der Waals surface area (Å²) in [6, 6.07) is 2.14. The van der Waals surface area contributed by atoms with Gasteiger partial charge in [-0.1, -0.05) is 0 Å². The lowest BCUT2D eigenvalue weighted by atomic mass is 10.0. The lowest BCUT2D eigenvalue weighted by molar-refractivity contribution is -0.387. The van der Waals surface area contributed by atoms with Gasteiger partial charge in [0.2, 0.25) is 5.82 Å². The third-order valence-corrected chi connectivity index (χ3v) is 2.21. The summed E-state index contributed by atoms with van der Waals surface area (Å²) < 4.78 is 13.1. The van der Waals surface area contributed by atoms with Crippen LogP contribution in [0.4, 0.5) is 10.1 Å². The molecular formula is C10H10FNO4. The summed E-state index contributed by atoms with van der Waals surface area (Å²) in [4.78, 5) is 20.0. The molecule has 1 N–H and O–H groups in total. The summed E-state index contributed by atoms with van der Waals surface area (Å²) in [5.41, 5.74) is 0.380. The second-order valence-electron chi connectivity index (χ2n) is 3.38. The van der Waals surface area contributed by atoms with Gasteiger partial charge in [0.1, 0.15) is 0 Å². The highest BCUT2D eigenvalue weighted by molar-refractivity contribution is 5.67. The van der Waals surface area contributed by atoms with Crippen LogP contribution in [0.5, 0.6) is 0 Å². The minimum Gasteiger partial charge on any atom is -0.481 e. The molecule has 16 heavy (non-hydrogen) atoms. The number of rotatable bonds is 4. The van der Waals surface area contributed by atoms with E-state index in [1.165, 1.54) is 0 Å². The summed E-state index contributed by atoms with van der Waals surface area (Å²) in [6.07, 6.45) is 0.0198. The monoisotopic (exact) mass is 227 g/mol. The molecule has 0 heterocycles. The van der Waals surface area contributed by atoms with E-state index < -0.39 is 22.4 Å². The van der Waals surface area contributed by atoms with Crippen molar-refractivity contribution in [2.24, 2.45) is 0 Å². The number of benzene rings is 1. The topological polar surface area (TPSA) is 80.4 Å². The van der Waals surface area contributed by atoms with Gasteiger partial charge in [-0.3, -0.25) is 14.9 Å². The Morgan fingerprint density at radius 1 is 1.56 bits per heavy atom. The fraction of sp³-hybridized carbons (Fsp3) is 0.300. The number of carboxylic acid groups (broad SMARTS) is 1. The number of aliphatic carboxylic acids is 1. The molecular weight excluding hydrogens is 217 g/mol. The largest absolute Gasteiger partial charge is 0.481 e. The summed E-state index contributed by atoms with van der Waals surface area (Å²) in [7, 11) is 0. The number of hydrogen-bond acceptors (Lipinski definition) is 3. The summed E-state index contributed by atoms with van der Waals surface area (Å²) >= 11 is 0. The van der Waals surface area contributed by atoms with Gasteiger partial charge >= 0.3 is 11.7 Å². The molecule has 1 aromatic rings. The summed E-state index contributed by atoms with van der Waals surface area (Å²) in [6.45, 7) is 1.59. The van der Waals surface area contributed by atoms with E-state index in [-0.39, 0.29) is 12.8 Å². The van der Waals surface area contributed by atoms with Crippen LogP contribution in [0.3, 0.4) is 0 Å². The smallest absolute Gasteiger partial charge is 0.305 e. The number of nitro benzene ring substituents is 1. The third-order valence-electron chi connectivity index (χ3n) is 2.21. The average molecular weight is 227 g/mol. The first-order valence-electron chi connectivity index (χ1n) is 4.57. The van der Waals surface area contributed by atoms with Gasteiger partial charge in [0, 0.05) is 12.5 Å². The van der Waals surface area contributed by atoms with Crippen molar-refractivity contribution >= 4 is 11.7 Å². The maximum atomic E-state index is 13.1. The van der Waals surface area contributed by atoms with Crippen molar-refractivity contribution in [1.82, 2.24) is 0 Å². The maximum Gasteiger partial charge on any atom is 0.305 e. The molecule has 0 aliphatic heterocycles. The Kier molecular flexibility index (Phi) is 3.55. The highest BCUT2D eigenvalue weighted by Crippen LogP contribution is 2.22. The van der Waals surface area contributed by atoms with Crippen LogP contribution in [-0.4, -0.2) is 16.0 Å². The molecule has 0 fully saturated rings. The Hall–Kier alpha value is -1.98. The first kappa shape index (κ1) is 12.1. The van der Waals surface area contributed by atoms with Gasteiger partial charge in [0.25, 0.3) is 0 Å². The van der Waals surface area contributed by atoms with Crippen LogP contribution in [0, 0.1) is 22.9 Å². The zero-order valence-corrected chi connectivity index (χ0v) is 8.57. The van der Waals surface area contributed by atoms with E-state index in [2.05, 4.69) is 0 Å². The molecule has 0 saturated heterocycles. The van der Waals surface area contributed by atoms with Gasteiger partial charge in [0.15, 0.2) is 0 Å². The quantitative estimate of drug-likeness (QED) is 0.630. The standard InChI is InChI=1S/C10H10FNO4/c1-6-4-8(11)9(12(15)16)5-7(6)2-3-10(13)14/h4-5H,2-3H2,1H3,(H,13,14). The predicted octanol–water partition coefficient (Wildman–Crippen LogP) is 2.06. The molecule has 0 aliphatic carbocycles. The summed E-state index contributed by atoms with van der Waals surface area (Å²) in [5.74, 6) is -1.90. The van der Waals surface area contributed by atoms with Crippen LogP contribution in [-0.2, 0) is 11.2 Å². The van der Waals surface area contributed by atoms with Crippen molar-refractivity contribution in [2.75, 3.05) is 0 Å². The van der Waals surface area contributed by atoms with Crippen molar-refractivity contribution in [3.63, 3.8) is 0 Å². The second kappa shape index (κ2) is 4.69. The van der Waals surface area contributed by atoms with Crippen molar-refractivity contribution in [2.45, 2.75) is 19.8 Å². The van der Waals surface area contributed by atoms with Gasteiger partial charge in [-0.2, -0.15) is 4.39 Å². The highest BCUT2D eigenvalue weighted by Gasteiger charge is 2.16. The molecule has 0 spiro atoms. The molecule has 0 aliphatic rings. The molecule has 0 amide bonds. The Morgan fingerprint density at radius 3 is 2.69 bits per heavy atom. The van der Waals surface area contributed by atoms with E-state index >= 15 is 0 Å². The lowest BCUT2D eigenvalue weighted by Crippen LogP contribution is -2.01. The van der Waals surface area contributed by atoms with E-state index in [0.29, 0.717) is 11.1 Å². The van der Waals surface area contributed by atoms with Gasteiger partial charge < -0.3 is 5.11 Å². The minimum absolute atomic E-state index is 0.135. The van der Waals surface area contributed by atoms with E-state index in [9.17, 15) is 19.3 Å². The van der Waals surface area contributed by atoms with Crippen LogP contribution in [0.15, 0.2) is 12.1 Å². The van der Waals surface area contributed by atoms with Crippen molar-refractivity contribution < 1.29 is 19.2 Å². The normalized spacial score (nSPS) is 10.1. The Morgan fingerprint density at radius 2 is 2.19 bits per heavy atom. The van der Waals surface area contributed by atoms with E-state index in [1.807, 2.05) is 0 Å². The molecule has 0 unspecified atom stereocenters. The first-order valence-corrected chi connectivity index (χ1v) is 4.57. The molecule has 5 nitrogen and oxygen atoms in total. The van der Waals surface area contributed by atoms with Crippen molar-refractivity contribution in [1.29, 1.82) is 0 Å². The number of carbonyl (C=O) groups is 1. The Balaban J connectivity index is 3.05. The Bertz CT molecular complexity index is 445. The zero-order valence-electron chi connectivity index (χ0n) is 8.57. The van der Waals surface area contributed by atoms with E-state index in [4.69, 9.17) is 5.11 Å². The molecule has 0 radical (unpaired) electrons. The number of nitrogens with zero attached hydrogens (tertiary/aromatic N) is 1. The van der Waals surface area contributed by atoms with Gasteiger partial charge in [-0.15, -0.1) is 0 Å². The molecule has 0 bridgehead atoms. The van der Waals surface area contributed by atoms with E-state index in [1.54, 1.807) is 6.92 Å². The highest BCUT2D eigenvalue weighted by atomic mass is 19.1. The molecule has 0 saturated carbocycles. The predicted molar refractivity (Wildman–Crippen MR) is 53.7 cm³/mol. The average Bonchev–Trinajstić information content (AvgIpc) is 2.15. The number of nitro groups is 1. The maximum absolute atomic E-state index is 13.1. The van der Waals surface area contributed by atoms with Crippen LogP contribution in [0.1, 0.15) is 17.5 Å². The number of halogens is 1. The number of hydrogen-bond donors (Lipinski definition) is 1. The zero-order chi connectivity index (χ0) is 12.3. The van der Waals surface area contributed by atoms with Gasteiger partial charge in [-0.25, -0.2) is 0 Å². The summed E-state index contributed by atoms with van der Waals surface area (Å²) in [5, 5.41) is 19.0. The molecule has 1 rings (SSSR count). The molecule has 0 atom stereocenters. The lowest BCUT2D eigenvalue weighted by Gasteiger charge is -2.04. The molecule has 1 aromatic carbocycles. The first-order chi connectivity index (χ1) is 7.41. The minimum atomic E-state index is -0.994. The molecule has 0 aromatic heterocycles. The fourth-order valence-corrected chi connectivity index (χ4v) is 1.36. The van der Waals surface area contributed by atoms with Crippen molar-refractivity contribution in [3.05, 3.63) is 39.2 Å². The fourth-order valence-electron chi connectivity index (χ4n) is 1.36. The third kappa shape index (κ3) is 2.75. The van der Waals surface area contributed by atoms with Crippen LogP contribution in [0.2, 0.25) is 0 Å².